The molecule has 0 spiro atoms. The molecule has 1 N–H and O–H groups in total. The summed E-state index contributed by atoms with van der Waals surface area (Å²) in [6, 6.07) is 4.30. The number of hydrogen-bond donors (Lipinski definition) is 1. The molecule has 0 atom stereocenters. The number of ketones is 1. The van der Waals surface area contributed by atoms with Gasteiger partial charge in [0.15, 0.2) is 5.78 Å². The van der Waals surface area contributed by atoms with Crippen LogP contribution in [0.3, 0.4) is 0 Å². The molecule has 21 heavy (non-hydrogen) atoms. The molecule has 0 fully saturated rings. The van der Waals surface area contributed by atoms with Crippen LogP contribution in [0.1, 0.15) is 29.2 Å². The summed E-state index contributed by atoms with van der Waals surface area (Å²) in [5.41, 5.74) is 0.793. The van der Waals surface area contributed by atoms with Crippen molar-refractivity contribution in [1.82, 2.24) is 0 Å². The van der Waals surface area contributed by atoms with Gasteiger partial charge < -0.3 is 10.1 Å². The number of allylic oxidation sites excluding steroid dienone is 5. The third-order valence-corrected chi connectivity index (χ3v) is 2.62. The Morgan fingerprint density at radius 1 is 1.29 bits per heavy atom. The molecule has 0 bridgehead atoms. The summed E-state index contributed by atoms with van der Waals surface area (Å²) >= 11 is 0. The molecule has 0 amide bonds. The highest BCUT2D eigenvalue weighted by Gasteiger charge is 2.07. The smallest absolute Gasteiger partial charge is 0.338 e. The monoisotopic (exact) mass is 287 g/mol. The molecule has 108 valence electrons. The van der Waals surface area contributed by atoms with E-state index in [1.54, 1.807) is 24.3 Å². The van der Waals surface area contributed by atoms with Crippen LogP contribution in [-0.4, -0.2) is 18.4 Å². The highest BCUT2D eigenvalue weighted by molar-refractivity contribution is 6.07. The highest BCUT2D eigenvalue weighted by Crippen LogP contribution is 2.13. The quantitative estimate of drug-likeness (QED) is 0.667. The van der Waals surface area contributed by atoms with Crippen molar-refractivity contribution in [3.05, 3.63) is 65.8 Å². The molecule has 1 aromatic carbocycles. The van der Waals surface area contributed by atoms with Gasteiger partial charge >= 0.3 is 5.97 Å². The maximum Gasteiger partial charge on any atom is 0.338 e. The molecule has 1 aromatic rings. The fourth-order valence-corrected chi connectivity index (χ4v) is 1.55. The summed E-state index contributed by atoms with van der Waals surface area (Å²) < 4.78 is 35.4. The Morgan fingerprint density at radius 2 is 2.00 bits per heavy atom. The van der Waals surface area contributed by atoms with Crippen LogP contribution in [-0.2, 0) is 9.53 Å². The minimum atomic E-state index is -0.779. The summed E-state index contributed by atoms with van der Waals surface area (Å²) in [6.45, 7) is 2.25. The Hall–Kier alpha value is -2.62. The van der Waals surface area contributed by atoms with Gasteiger partial charge in [0.2, 0.25) is 0 Å². The zero-order chi connectivity index (χ0) is 18.6. The summed E-state index contributed by atoms with van der Waals surface area (Å²) in [5.74, 6) is -1.20. The maximum absolute atomic E-state index is 12.0. The van der Waals surface area contributed by atoms with Gasteiger partial charge in [0, 0.05) is 17.5 Å². The van der Waals surface area contributed by atoms with Crippen molar-refractivity contribution in [3.63, 3.8) is 0 Å². The van der Waals surface area contributed by atoms with E-state index in [1.165, 1.54) is 6.20 Å². The van der Waals surface area contributed by atoms with E-state index in [9.17, 15) is 9.59 Å². The second-order valence-electron chi connectivity index (χ2n) is 4.24. The molecule has 0 heterocycles. The molecular formula is C17H17NO3. The van der Waals surface area contributed by atoms with Gasteiger partial charge in [0.05, 0.1) is 17.7 Å². The summed E-state index contributed by atoms with van der Waals surface area (Å²) in [5, 5.41) is 2.80. The normalized spacial score (nSPS) is 19.9. The summed E-state index contributed by atoms with van der Waals surface area (Å²) in [7, 11) is 0. The minimum Gasteiger partial charge on any atom is -0.462 e. The van der Waals surface area contributed by atoms with Gasteiger partial charge in [-0.15, -0.1) is 0 Å². The lowest BCUT2D eigenvalue weighted by atomic mass is 10.1. The van der Waals surface area contributed by atoms with Crippen molar-refractivity contribution in [2.24, 2.45) is 0 Å². The molecule has 0 saturated carbocycles. The minimum absolute atomic E-state index is 0.155. The van der Waals surface area contributed by atoms with Gasteiger partial charge in [0.25, 0.3) is 0 Å². The Bertz CT molecular complexity index is 795. The number of esters is 1. The van der Waals surface area contributed by atoms with Crippen LogP contribution in [0.15, 0.2) is 60.2 Å². The van der Waals surface area contributed by atoms with Crippen molar-refractivity contribution < 1.29 is 19.8 Å². The number of carbonyl (C=O) groups is 2. The van der Waals surface area contributed by atoms with E-state index < -0.39 is 36.0 Å². The van der Waals surface area contributed by atoms with Crippen molar-refractivity contribution in [1.29, 1.82) is 0 Å². The van der Waals surface area contributed by atoms with Gasteiger partial charge in [0.1, 0.15) is 0 Å². The number of rotatable bonds is 5. The van der Waals surface area contributed by atoms with Gasteiger partial charge in [-0.25, -0.2) is 4.79 Å². The number of hydrogen-bond acceptors (Lipinski definition) is 4. The molecule has 0 aromatic heterocycles. The SMILES string of the molecule is [2H]C1=C([2H])C([2H])=C([2H])/C(=C/Nc2ccc(C(=O)OCCC)cc2)C1=O. The lowest BCUT2D eigenvalue weighted by Gasteiger charge is -2.06. The summed E-state index contributed by atoms with van der Waals surface area (Å²) in [4.78, 5) is 23.7. The van der Waals surface area contributed by atoms with Crippen LogP contribution in [0, 0.1) is 0 Å². The average molecular weight is 287 g/mol. The Morgan fingerprint density at radius 3 is 2.71 bits per heavy atom. The van der Waals surface area contributed by atoms with E-state index in [-0.39, 0.29) is 5.57 Å². The van der Waals surface area contributed by atoms with Crippen molar-refractivity contribution in [2.75, 3.05) is 11.9 Å². The molecule has 0 saturated heterocycles. The first-order chi connectivity index (χ1) is 11.9. The van der Waals surface area contributed by atoms with E-state index >= 15 is 0 Å². The highest BCUT2D eigenvalue weighted by atomic mass is 16.5. The third kappa shape index (κ3) is 4.18. The lowest BCUT2D eigenvalue weighted by molar-refractivity contribution is -0.111. The molecule has 0 aliphatic heterocycles. The number of anilines is 1. The van der Waals surface area contributed by atoms with Gasteiger partial charge in [-0.3, -0.25) is 4.79 Å². The zero-order valence-electron chi connectivity index (χ0n) is 15.5. The topological polar surface area (TPSA) is 55.4 Å². The third-order valence-electron chi connectivity index (χ3n) is 2.62. The van der Waals surface area contributed by atoms with Crippen LogP contribution < -0.4 is 5.32 Å². The first kappa shape index (κ1) is 10.2. The lowest BCUT2D eigenvalue weighted by Crippen LogP contribution is -2.06. The number of nitrogens with one attached hydrogen (secondary N) is 1. The second kappa shape index (κ2) is 7.24. The fraction of sp³-hybridized carbons (Fsp3) is 0.176. The van der Waals surface area contributed by atoms with E-state index in [0.29, 0.717) is 17.9 Å². The van der Waals surface area contributed by atoms with Crippen LogP contribution in [0.4, 0.5) is 5.69 Å². The Kier molecular flexibility index (Phi) is 3.50. The second-order valence-corrected chi connectivity index (χ2v) is 4.24. The molecule has 0 unspecified atom stereocenters. The Labute approximate surface area is 129 Å². The predicted molar refractivity (Wildman–Crippen MR) is 82.0 cm³/mol. The van der Waals surface area contributed by atoms with E-state index in [1.807, 2.05) is 6.92 Å². The molecule has 1 aliphatic rings. The van der Waals surface area contributed by atoms with Crippen LogP contribution in [0.2, 0.25) is 0 Å². The standard InChI is InChI=1S/C17H17NO3/c1-2-11-21-17(20)13-7-9-15(10-8-13)18-12-14-5-3-4-6-16(14)19/h3-10,12,18H,2,11H2,1H3/b14-12-/i3D,4D,5D,6D. The predicted octanol–water partition coefficient (Wildman–Crippen LogP) is 3.24. The van der Waals surface area contributed by atoms with Crippen molar-refractivity contribution in [2.45, 2.75) is 13.3 Å². The van der Waals surface area contributed by atoms with E-state index in [0.717, 1.165) is 6.42 Å². The van der Waals surface area contributed by atoms with Crippen LogP contribution in [0.5, 0.6) is 0 Å². The van der Waals surface area contributed by atoms with E-state index in [4.69, 9.17) is 10.2 Å². The molecule has 4 nitrogen and oxygen atoms in total. The molecule has 0 radical (unpaired) electrons. The first-order valence-corrected chi connectivity index (χ1v) is 6.51. The van der Waals surface area contributed by atoms with Gasteiger partial charge in [-0.05, 0) is 42.8 Å². The number of benzene rings is 1. The zero-order valence-corrected chi connectivity index (χ0v) is 11.5. The number of ether oxygens (including phenoxy) is 1. The van der Waals surface area contributed by atoms with Crippen molar-refractivity contribution in [3.8, 4) is 0 Å². The molecule has 2 rings (SSSR count). The summed E-state index contributed by atoms with van der Waals surface area (Å²) in [6.07, 6.45) is 1.96. The number of carbonyl (C=O) groups excluding carboxylic acids is 2. The van der Waals surface area contributed by atoms with Crippen LogP contribution in [0.25, 0.3) is 0 Å². The molecular weight excluding hydrogens is 266 g/mol. The first-order valence-electron chi connectivity index (χ1n) is 8.51. The largest absolute Gasteiger partial charge is 0.462 e. The Balaban J connectivity index is 2.14. The van der Waals surface area contributed by atoms with Crippen LogP contribution >= 0.6 is 0 Å². The molecule has 1 aliphatic carbocycles. The fourth-order valence-electron chi connectivity index (χ4n) is 1.55. The van der Waals surface area contributed by atoms with Gasteiger partial charge in [-0.1, -0.05) is 19.0 Å². The van der Waals surface area contributed by atoms with Crippen molar-refractivity contribution >= 4 is 17.4 Å². The van der Waals surface area contributed by atoms with Gasteiger partial charge in [-0.2, -0.15) is 0 Å². The average Bonchev–Trinajstić information content (AvgIpc) is 2.63. The molecule has 4 heteroatoms. The maximum atomic E-state index is 12.0. The van der Waals surface area contributed by atoms with E-state index in [2.05, 4.69) is 5.32 Å².